The van der Waals surface area contributed by atoms with E-state index in [1.165, 1.54) is 32.1 Å². The molecule has 1 saturated carbocycles. The minimum absolute atomic E-state index is 0.552. The fraction of sp³-hybridized carbons (Fsp3) is 0.900. The summed E-state index contributed by atoms with van der Waals surface area (Å²) in [5.41, 5.74) is 0. The summed E-state index contributed by atoms with van der Waals surface area (Å²) in [6.07, 6.45) is 8.21. The highest BCUT2D eigenvalue weighted by atomic mass is 16.5. The van der Waals surface area contributed by atoms with Crippen molar-refractivity contribution in [2.75, 3.05) is 7.11 Å². The van der Waals surface area contributed by atoms with Crippen LogP contribution in [0.4, 0.5) is 0 Å². The van der Waals surface area contributed by atoms with E-state index in [9.17, 15) is 0 Å². The predicted molar refractivity (Wildman–Crippen MR) is 47.3 cm³/mol. The molecule has 1 nitrogen and oxygen atoms in total. The highest BCUT2D eigenvalue weighted by molar-refractivity contribution is 4.72. The van der Waals surface area contributed by atoms with Crippen molar-refractivity contribution in [3.8, 4) is 0 Å². The molecule has 0 unspecified atom stereocenters. The maximum absolute atomic E-state index is 5.30. The maximum atomic E-state index is 5.30. The van der Waals surface area contributed by atoms with Crippen molar-refractivity contribution in [1.82, 2.24) is 0 Å². The molecule has 0 N–H and O–H groups in total. The molecule has 1 aliphatic carbocycles. The SMILES string of the molecule is [CH2]CCC1CCC(OC)CC1. The maximum Gasteiger partial charge on any atom is 0.0571 e. The molecule has 0 aromatic rings. The summed E-state index contributed by atoms with van der Waals surface area (Å²) in [6.45, 7) is 3.89. The first-order chi connectivity index (χ1) is 5.36. The summed E-state index contributed by atoms with van der Waals surface area (Å²) < 4.78 is 5.30. The lowest BCUT2D eigenvalue weighted by Crippen LogP contribution is -2.20. The van der Waals surface area contributed by atoms with Gasteiger partial charge in [0.1, 0.15) is 0 Å². The van der Waals surface area contributed by atoms with Crippen LogP contribution in [0.15, 0.2) is 0 Å². The minimum Gasteiger partial charge on any atom is -0.381 e. The van der Waals surface area contributed by atoms with E-state index in [1.807, 2.05) is 7.11 Å². The van der Waals surface area contributed by atoms with Gasteiger partial charge in [0.05, 0.1) is 6.10 Å². The molecule has 0 heterocycles. The molecule has 0 aromatic heterocycles. The van der Waals surface area contributed by atoms with Crippen LogP contribution in [0.1, 0.15) is 38.5 Å². The Labute approximate surface area is 70.1 Å². The molecule has 1 radical (unpaired) electrons. The Bertz CT molecular complexity index is 93.0. The lowest BCUT2D eigenvalue weighted by Gasteiger charge is -2.27. The zero-order chi connectivity index (χ0) is 8.10. The van der Waals surface area contributed by atoms with Gasteiger partial charge in [0.25, 0.3) is 0 Å². The molecule has 1 heteroatoms. The van der Waals surface area contributed by atoms with Gasteiger partial charge < -0.3 is 4.74 Å². The van der Waals surface area contributed by atoms with Crippen molar-refractivity contribution < 1.29 is 4.74 Å². The van der Waals surface area contributed by atoms with Gasteiger partial charge in [0.15, 0.2) is 0 Å². The van der Waals surface area contributed by atoms with E-state index < -0.39 is 0 Å². The van der Waals surface area contributed by atoms with Crippen LogP contribution in [0.5, 0.6) is 0 Å². The second kappa shape index (κ2) is 4.76. The first-order valence-electron chi connectivity index (χ1n) is 4.69. The molecule has 1 aliphatic rings. The van der Waals surface area contributed by atoms with Crippen molar-refractivity contribution in [2.24, 2.45) is 5.92 Å². The van der Waals surface area contributed by atoms with Crippen LogP contribution in [0, 0.1) is 12.8 Å². The van der Waals surface area contributed by atoms with Crippen molar-refractivity contribution >= 4 is 0 Å². The van der Waals surface area contributed by atoms with Crippen molar-refractivity contribution in [1.29, 1.82) is 0 Å². The van der Waals surface area contributed by atoms with Gasteiger partial charge in [-0.05, 0) is 31.6 Å². The van der Waals surface area contributed by atoms with Gasteiger partial charge in [-0.3, -0.25) is 0 Å². The fourth-order valence-corrected chi connectivity index (χ4v) is 1.94. The van der Waals surface area contributed by atoms with Gasteiger partial charge >= 0.3 is 0 Å². The van der Waals surface area contributed by atoms with Gasteiger partial charge in [-0.25, -0.2) is 0 Å². The number of hydrogen-bond donors (Lipinski definition) is 0. The third-order valence-corrected chi connectivity index (χ3v) is 2.74. The van der Waals surface area contributed by atoms with Gasteiger partial charge in [-0.1, -0.05) is 19.8 Å². The summed E-state index contributed by atoms with van der Waals surface area (Å²) >= 11 is 0. The summed E-state index contributed by atoms with van der Waals surface area (Å²) in [6, 6.07) is 0. The summed E-state index contributed by atoms with van der Waals surface area (Å²) in [5.74, 6) is 0.943. The van der Waals surface area contributed by atoms with E-state index in [2.05, 4.69) is 6.92 Å². The van der Waals surface area contributed by atoms with E-state index in [1.54, 1.807) is 0 Å². The predicted octanol–water partition coefficient (Wildman–Crippen LogP) is 2.81. The van der Waals surface area contributed by atoms with Crippen LogP contribution < -0.4 is 0 Å². The zero-order valence-corrected chi connectivity index (χ0v) is 7.51. The Hall–Kier alpha value is -0.0400. The van der Waals surface area contributed by atoms with E-state index in [0.29, 0.717) is 6.10 Å². The Morgan fingerprint density at radius 2 is 1.91 bits per heavy atom. The molecule has 0 aromatic carbocycles. The average Bonchev–Trinajstić information content (AvgIpc) is 2.07. The van der Waals surface area contributed by atoms with Crippen molar-refractivity contribution in [2.45, 2.75) is 44.6 Å². The monoisotopic (exact) mass is 155 g/mol. The molecule has 1 fully saturated rings. The van der Waals surface area contributed by atoms with Crippen LogP contribution in [-0.4, -0.2) is 13.2 Å². The first-order valence-corrected chi connectivity index (χ1v) is 4.69. The Morgan fingerprint density at radius 1 is 1.27 bits per heavy atom. The normalized spacial score (nSPS) is 32.2. The fourth-order valence-electron chi connectivity index (χ4n) is 1.94. The van der Waals surface area contributed by atoms with Crippen LogP contribution in [0.25, 0.3) is 0 Å². The first kappa shape index (κ1) is 9.05. The molecule has 0 spiro atoms. The third-order valence-electron chi connectivity index (χ3n) is 2.74. The Balaban J connectivity index is 2.14. The summed E-state index contributed by atoms with van der Waals surface area (Å²) in [4.78, 5) is 0. The quantitative estimate of drug-likeness (QED) is 0.609. The highest BCUT2D eigenvalue weighted by Crippen LogP contribution is 2.28. The van der Waals surface area contributed by atoms with Gasteiger partial charge in [0, 0.05) is 7.11 Å². The molecule has 65 valence electrons. The second-order valence-electron chi connectivity index (χ2n) is 3.52. The molecule has 11 heavy (non-hydrogen) atoms. The molecule has 0 aliphatic heterocycles. The summed E-state index contributed by atoms with van der Waals surface area (Å²) in [5, 5.41) is 0. The molecule has 0 saturated heterocycles. The molecular weight excluding hydrogens is 136 g/mol. The molecule has 0 atom stereocenters. The highest BCUT2D eigenvalue weighted by Gasteiger charge is 2.19. The third kappa shape index (κ3) is 2.82. The lowest BCUT2D eigenvalue weighted by molar-refractivity contribution is 0.0557. The van der Waals surface area contributed by atoms with Crippen LogP contribution in [-0.2, 0) is 4.74 Å². The van der Waals surface area contributed by atoms with E-state index in [4.69, 9.17) is 4.74 Å². The molecule has 1 rings (SSSR count). The Morgan fingerprint density at radius 3 is 2.36 bits per heavy atom. The van der Waals surface area contributed by atoms with Crippen molar-refractivity contribution in [3.63, 3.8) is 0 Å². The Kier molecular flexibility index (Phi) is 3.92. The number of ether oxygens (including phenoxy) is 1. The van der Waals surface area contributed by atoms with Crippen LogP contribution in [0.3, 0.4) is 0 Å². The second-order valence-corrected chi connectivity index (χ2v) is 3.52. The van der Waals surface area contributed by atoms with Gasteiger partial charge in [0.2, 0.25) is 0 Å². The molecular formula is C10H19O. The molecule has 0 amide bonds. The zero-order valence-electron chi connectivity index (χ0n) is 7.51. The lowest BCUT2D eigenvalue weighted by atomic mass is 9.85. The molecule has 0 bridgehead atoms. The topological polar surface area (TPSA) is 9.23 Å². The van der Waals surface area contributed by atoms with Gasteiger partial charge in [-0.2, -0.15) is 0 Å². The van der Waals surface area contributed by atoms with E-state index in [0.717, 1.165) is 12.3 Å². The number of methoxy groups -OCH3 is 1. The van der Waals surface area contributed by atoms with Crippen LogP contribution in [0.2, 0.25) is 0 Å². The average molecular weight is 155 g/mol. The van der Waals surface area contributed by atoms with E-state index >= 15 is 0 Å². The largest absolute Gasteiger partial charge is 0.381 e. The van der Waals surface area contributed by atoms with Crippen LogP contribution >= 0.6 is 0 Å². The van der Waals surface area contributed by atoms with Crippen molar-refractivity contribution in [3.05, 3.63) is 6.92 Å². The van der Waals surface area contributed by atoms with Gasteiger partial charge in [-0.15, -0.1) is 0 Å². The number of rotatable bonds is 3. The minimum atomic E-state index is 0.552. The standard InChI is InChI=1S/C10H19O/c1-3-4-9-5-7-10(11-2)8-6-9/h9-10H,1,3-8H2,2H3. The number of hydrogen-bond acceptors (Lipinski definition) is 1. The summed E-state index contributed by atoms with van der Waals surface area (Å²) in [7, 11) is 1.83. The smallest absolute Gasteiger partial charge is 0.0571 e. The van der Waals surface area contributed by atoms with E-state index in [-0.39, 0.29) is 0 Å².